The molecule has 0 saturated carbocycles. The van der Waals surface area contributed by atoms with E-state index in [2.05, 4.69) is 0 Å². The van der Waals surface area contributed by atoms with Crippen LogP contribution >= 0.6 is 0 Å². The summed E-state index contributed by atoms with van der Waals surface area (Å²) < 4.78 is 16.0. The fourth-order valence-electron chi connectivity index (χ4n) is 3.01. The third kappa shape index (κ3) is 3.70. The van der Waals surface area contributed by atoms with Crippen molar-refractivity contribution in [1.29, 1.82) is 0 Å². The van der Waals surface area contributed by atoms with Gasteiger partial charge >= 0.3 is 0 Å². The molecule has 1 aromatic carbocycles. The van der Waals surface area contributed by atoms with Crippen molar-refractivity contribution in [2.24, 2.45) is 11.7 Å². The Kier molecular flexibility index (Phi) is 6.31. The number of hydrogen-bond acceptors (Lipinski definition) is 6. The summed E-state index contributed by atoms with van der Waals surface area (Å²) in [6.45, 7) is 2.56. The highest BCUT2D eigenvalue weighted by molar-refractivity contribution is 6.00. The smallest absolute Gasteiger partial charge is 0.228 e. The van der Waals surface area contributed by atoms with E-state index in [1.807, 2.05) is 6.92 Å². The van der Waals surface area contributed by atoms with Gasteiger partial charge in [-0.15, -0.1) is 0 Å². The van der Waals surface area contributed by atoms with Crippen LogP contribution in [0, 0.1) is 5.92 Å². The Morgan fingerprint density at radius 2 is 1.85 bits per heavy atom. The van der Waals surface area contributed by atoms with Crippen LogP contribution in [0.3, 0.4) is 0 Å². The van der Waals surface area contributed by atoms with Gasteiger partial charge in [-0.1, -0.05) is 0 Å². The number of nitrogens with two attached hydrogens (primary N) is 1. The molecule has 8 heteroatoms. The lowest BCUT2D eigenvalue weighted by molar-refractivity contribution is -0.136. The topological polar surface area (TPSA) is 94.3 Å². The second kappa shape index (κ2) is 8.27. The normalized spacial score (nSPS) is 17.8. The molecule has 0 spiro atoms. The van der Waals surface area contributed by atoms with E-state index in [-0.39, 0.29) is 24.3 Å². The number of carbonyl (C=O) groups is 2. The summed E-state index contributed by atoms with van der Waals surface area (Å²) in [5.41, 5.74) is 6.24. The van der Waals surface area contributed by atoms with Crippen molar-refractivity contribution in [3.8, 4) is 17.2 Å². The maximum absolute atomic E-state index is 12.6. The molecule has 0 aliphatic carbocycles. The van der Waals surface area contributed by atoms with E-state index in [1.165, 1.54) is 21.3 Å². The molecule has 144 valence electrons. The number of benzene rings is 1. The van der Waals surface area contributed by atoms with E-state index < -0.39 is 5.92 Å². The Balaban J connectivity index is 2.27. The molecule has 8 nitrogen and oxygen atoms in total. The molecule has 2 atom stereocenters. The average Bonchev–Trinajstić information content (AvgIpc) is 3.06. The predicted octanol–water partition coefficient (Wildman–Crippen LogP) is 0.871. The maximum atomic E-state index is 12.6. The van der Waals surface area contributed by atoms with Crippen molar-refractivity contribution in [3.63, 3.8) is 0 Å². The van der Waals surface area contributed by atoms with Gasteiger partial charge in [-0.3, -0.25) is 9.59 Å². The molecule has 1 fully saturated rings. The fraction of sp³-hybridized carbons (Fsp3) is 0.556. The molecule has 0 radical (unpaired) electrons. The molecule has 0 aromatic heterocycles. The number of carbonyl (C=O) groups excluding carboxylic acids is 2. The average molecular weight is 365 g/mol. The lowest BCUT2D eigenvalue weighted by atomic mass is 10.1. The molecule has 26 heavy (non-hydrogen) atoms. The summed E-state index contributed by atoms with van der Waals surface area (Å²) in [4.78, 5) is 28.3. The molecule has 1 aliphatic heterocycles. The third-order valence-corrected chi connectivity index (χ3v) is 4.79. The molecule has 1 heterocycles. The van der Waals surface area contributed by atoms with Gasteiger partial charge in [0, 0.05) is 44.7 Å². The number of methoxy groups -OCH3 is 3. The minimum absolute atomic E-state index is 0.0761. The molecule has 0 bridgehead atoms. The predicted molar refractivity (Wildman–Crippen MR) is 97.8 cm³/mol. The van der Waals surface area contributed by atoms with Crippen LogP contribution in [0.2, 0.25) is 0 Å². The summed E-state index contributed by atoms with van der Waals surface area (Å²) >= 11 is 0. The minimum Gasteiger partial charge on any atom is -0.493 e. The lowest BCUT2D eigenvalue weighted by Crippen LogP contribution is -2.43. The second-order valence-electron chi connectivity index (χ2n) is 6.32. The van der Waals surface area contributed by atoms with Gasteiger partial charge in [0.05, 0.1) is 32.9 Å². The molecule has 2 unspecified atom stereocenters. The van der Waals surface area contributed by atoms with Crippen LogP contribution in [0.4, 0.5) is 5.69 Å². The molecule has 1 aromatic rings. The Bertz CT molecular complexity index is 654. The Hall–Kier alpha value is -2.48. The van der Waals surface area contributed by atoms with E-state index in [0.717, 1.165) is 0 Å². The monoisotopic (exact) mass is 365 g/mol. The first-order valence-electron chi connectivity index (χ1n) is 8.45. The van der Waals surface area contributed by atoms with Crippen LogP contribution < -0.4 is 24.8 Å². The number of likely N-dealkylation sites (N-methyl/N-ethyl adjacent to an activating group) is 1. The van der Waals surface area contributed by atoms with E-state index in [0.29, 0.717) is 36.0 Å². The molecular weight excluding hydrogens is 338 g/mol. The van der Waals surface area contributed by atoms with E-state index >= 15 is 0 Å². The van der Waals surface area contributed by atoms with E-state index in [9.17, 15) is 9.59 Å². The number of amides is 2. The van der Waals surface area contributed by atoms with Gasteiger partial charge in [-0.25, -0.2) is 0 Å². The summed E-state index contributed by atoms with van der Waals surface area (Å²) in [5.74, 6) is 0.768. The van der Waals surface area contributed by atoms with Crippen LogP contribution in [0.15, 0.2) is 12.1 Å². The van der Waals surface area contributed by atoms with Crippen molar-refractivity contribution in [2.45, 2.75) is 19.4 Å². The second-order valence-corrected chi connectivity index (χ2v) is 6.32. The maximum Gasteiger partial charge on any atom is 0.228 e. The largest absolute Gasteiger partial charge is 0.493 e. The standard InChI is InChI=1S/C18H27N3O5/c1-11(9-19)20(2)18(23)12-6-16(22)21(10-12)13-7-14(24-3)17(26-5)15(8-13)25-4/h7-8,11-12H,6,9-10,19H2,1-5H3. The number of rotatable bonds is 7. The van der Waals surface area contributed by atoms with Crippen molar-refractivity contribution in [1.82, 2.24) is 4.90 Å². The van der Waals surface area contributed by atoms with Gasteiger partial charge in [0.25, 0.3) is 0 Å². The molecular formula is C18H27N3O5. The van der Waals surface area contributed by atoms with Gasteiger partial charge < -0.3 is 29.7 Å². The first-order valence-corrected chi connectivity index (χ1v) is 8.45. The van der Waals surface area contributed by atoms with Gasteiger partial charge in [0.15, 0.2) is 11.5 Å². The molecule has 2 N–H and O–H groups in total. The quantitative estimate of drug-likeness (QED) is 0.771. The Morgan fingerprint density at radius 3 is 2.31 bits per heavy atom. The zero-order valence-electron chi connectivity index (χ0n) is 15.9. The van der Waals surface area contributed by atoms with Gasteiger partial charge in [-0.2, -0.15) is 0 Å². The summed E-state index contributed by atoms with van der Waals surface area (Å²) in [6, 6.07) is 3.34. The highest BCUT2D eigenvalue weighted by Gasteiger charge is 2.37. The van der Waals surface area contributed by atoms with Gasteiger partial charge in [0.1, 0.15) is 0 Å². The van der Waals surface area contributed by atoms with E-state index in [1.54, 1.807) is 29.0 Å². The number of ether oxygens (including phenoxy) is 3. The van der Waals surface area contributed by atoms with E-state index in [4.69, 9.17) is 19.9 Å². The summed E-state index contributed by atoms with van der Waals surface area (Å²) in [7, 11) is 6.27. The zero-order chi connectivity index (χ0) is 19.4. The number of hydrogen-bond donors (Lipinski definition) is 1. The minimum atomic E-state index is -0.402. The third-order valence-electron chi connectivity index (χ3n) is 4.79. The van der Waals surface area contributed by atoms with Crippen molar-refractivity contribution >= 4 is 17.5 Å². The first kappa shape index (κ1) is 19.8. The highest BCUT2D eigenvalue weighted by atomic mass is 16.5. The first-order chi connectivity index (χ1) is 12.4. The Labute approximate surface area is 153 Å². The van der Waals surface area contributed by atoms with Crippen LogP contribution in [-0.2, 0) is 9.59 Å². The van der Waals surface area contributed by atoms with Crippen LogP contribution in [0.5, 0.6) is 17.2 Å². The molecule has 1 saturated heterocycles. The number of anilines is 1. The lowest BCUT2D eigenvalue weighted by Gasteiger charge is -2.26. The van der Waals surface area contributed by atoms with Crippen LogP contribution in [0.25, 0.3) is 0 Å². The van der Waals surface area contributed by atoms with Gasteiger partial charge in [-0.05, 0) is 6.92 Å². The molecule has 2 amide bonds. The summed E-state index contributed by atoms with van der Waals surface area (Å²) in [5, 5.41) is 0. The molecule has 1 aliphatic rings. The number of nitrogens with zero attached hydrogens (tertiary/aromatic N) is 2. The van der Waals surface area contributed by atoms with Crippen LogP contribution in [-0.4, -0.2) is 64.2 Å². The Morgan fingerprint density at radius 1 is 1.27 bits per heavy atom. The van der Waals surface area contributed by atoms with Crippen molar-refractivity contribution < 1.29 is 23.8 Å². The highest BCUT2D eigenvalue weighted by Crippen LogP contribution is 2.42. The SMILES string of the molecule is COc1cc(N2CC(C(=O)N(C)C(C)CN)CC2=O)cc(OC)c1OC. The summed E-state index contributed by atoms with van der Waals surface area (Å²) in [6.07, 6.45) is 0.164. The zero-order valence-corrected chi connectivity index (χ0v) is 15.9. The van der Waals surface area contributed by atoms with Crippen LogP contribution in [0.1, 0.15) is 13.3 Å². The molecule has 2 rings (SSSR count). The van der Waals surface area contributed by atoms with Crippen molar-refractivity contribution in [3.05, 3.63) is 12.1 Å². The van der Waals surface area contributed by atoms with Gasteiger partial charge in [0.2, 0.25) is 17.6 Å². The fourth-order valence-corrected chi connectivity index (χ4v) is 3.01. The van der Waals surface area contributed by atoms with Crippen molar-refractivity contribution in [2.75, 3.05) is 46.4 Å².